The van der Waals surface area contributed by atoms with E-state index in [1.165, 1.54) is 0 Å². The maximum absolute atomic E-state index is 9.90. The Hall–Kier alpha value is 1.00. The molecule has 0 amide bonds. The molecule has 0 rings (SSSR count). The molecule has 0 nitrogen and oxygen atoms in total. The number of halogens is 6. The van der Waals surface area contributed by atoms with Crippen LogP contribution in [0.15, 0.2) is 0 Å². The van der Waals surface area contributed by atoms with Gasteiger partial charge in [-0.3, -0.25) is 0 Å². The monoisotopic (exact) mass is 298 g/mol. The zero-order chi connectivity index (χ0) is 7.21. The van der Waals surface area contributed by atoms with Crippen LogP contribution in [0.3, 0.4) is 0 Å². The number of hydrogen-bond acceptors (Lipinski definition) is 0. The molecule has 0 saturated carbocycles. The summed E-state index contributed by atoms with van der Waals surface area (Å²) in [6.07, 6.45) is 0. The fourth-order valence-corrected chi connectivity index (χ4v) is 0. The van der Waals surface area contributed by atoms with Gasteiger partial charge < -0.3 is 0 Å². The van der Waals surface area contributed by atoms with Crippen LogP contribution in [0.2, 0.25) is 0 Å². The molecule has 8 heavy (non-hydrogen) atoms. The van der Waals surface area contributed by atoms with Crippen molar-refractivity contribution in [3.8, 4) is 0 Å². The number of hydrogen-bond donors (Lipinski definition) is 0. The second-order valence-electron chi connectivity index (χ2n) is 0.530. The SMILES string of the molecule is [F][Sn]([F])([F])[F].[F][Zn][F]. The molecule has 0 heterocycles. The van der Waals surface area contributed by atoms with Gasteiger partial charge in [0.2, 0.25) is 0 Å². The predicted molar refractivity (Wildman–Crippen MR) is 12.4 cm³/mol. The molecule has 0 unspecified atom stereocenters. The van der Waals surface area contributed by atoms with E-state index in [-0.39, 0.29) is 0 Å². The van der Waals surface area contributed by atoms with Crippen LogP contribution in [0.1, 0.15) is 0 Å². The fraction of sp³-hybridized carbons (Fsp3) is 0. The van der Waals surface area contributed by atoms with E-state index < -0.39 is 38.8 Å². The predicted octanol–water partition coefficient (Wildman–Crippen LogP) is 2.14. The quantitative estimate of drug-likeness (QED) is 0.475. The molecular formula is F6SnZn. The first-order valence-corrected chi connectivity index (χ1v) is 7.85. The van der Waals surface area contributed by atoms with Gasteiger partial charge in [-0.25, -0.2) is 0 Å². The van der Waals surface area contributed by atoms with E-state index in [9.17, 15) is 18.1 Å². The molecule has 0 atom stereocenters. The van der Waals surface area contributed by atoms with Crippen molar-refractivity contribution in [2.75, 3.05) is 0 Å². The minimum atomic E-state index is -7.18. The first-order chi connectivity index (χ1) is 3.41. The number of rotatable bonds is 0. The first-order valence-electron chi connectivity index (χ1n) is 1.29. The van der Waals surface area contributed by atoms with E-state index in [1.807, 2.05) is 0 Å². The molecule has 0 aromatic heterocycles. The summed E-state index contributed by atoms with van der Waals surface area (Å²) in [5.41, 5.74) is 0. The molecule has 0 N–H and O–H groups in total. The fourth-order valence-electron chi connectivity index (χ4n) is 0. The topological polar surface area (TPSA) is 0 Å². The summed E-state index contributed by atoms with van der Waals surface area (Å²) in [5.74, 6) is 0. The second-order valence-corrected chi connectivity index (χ2v) is 3.40. The third-order valence-corrected chi connectivity index (χ3v) is 0. The van der Waals surface area contributed by atoms with E-state index in [0.29, 0.717) is 0 Å². The van der Waals surface area contributed by atoms with Crippen LogP contribution in [0, 0.1) is 0 Å². The third kappa shape index (κ3) is 251. The van der Waals surface area contributed by atoms with E-state index in [2.05, 4.69) is 0 Å². The van der Waals surface area contributed by atoms with Crippen molar-refractivity contribution in [1.29, 1.82) is 0 Å². The summed E-state index contributed by atoms with van der Waals surface area (Å²) in [6.45, 7) is 0. The van der Waals surface area contributed by atoms with E-state index in [1.54, 1.807) is 0 Å². The summed E-state index contributed by atoms with van der Waals surface area (Å²) in [7, 11) is 0. The molecule has 8 heteroatoms. The maximum atomic E-state index is 9.90. The molecule has 0 spiro atoms. The summed E-state index contributed by atoms with van der Waals surface area (Å²) >= 11 is -10.1. The minimum absolute atomic E-state index is 2.88. The average molecular weight is 298 g/mol. The van der Waals surface area contributed by atoms with Gasteiger partial charge >= 0.3 is 56.9 Å². The van der Waals surface area contributed by atoms with E-state index in [4.69, 9.17) is 0 Å². The average Bonchev–Trinajstić information content (AvgIpc) is 1.27. The van der Waals surface area contributed by atoms with Gasteiger partial charge in [0.05, 0.1) is 0 Å². The third-order valence-electron chi connectivity index (χ3n) is 0. The van der Waals surface area contributed by atoms with Crippen molar-refractivity contribution >= 4 is 20.7 Å². The van der Waals surface area contributed by atoms with Crippen LogP contribution >= 0.6 is 0 Å². The van der Waals surface area contributed by atoms with Gasteiger partial charge in [-0.1, -0.05) is 0 Å². The van der Waals surface area contributed by atoms with Crippen LogP contribution in [-0.2, 0) is 18.1 Å². The van der Waals surface area contributed by atoms with E-state index >= 15 is 0 Å². The Morgan fingerprint density at radius 2 is 0.875 bits per heavy atom. The van der Waals surface area contributed by atoms with Crippen molar-refractivity contribution in [3.05, 3.63) is 0 Å². The van der Waals surface area contributed by atoms with Gasteiger partial charge in [-0.2, -0.15) is 0 Å². The molecule has 0 aromatic carbocycles. The zero-order valence-corrected chi connectivity index (χ0v) is 9.30. The van der Waals surface area contributed by atoms with E-state index in [0.717, 1.165) is 0 Å². The van der Waals surface area contributed by atoms with Gasteiger partial charge in [-0.15, -0.1) is 0 Å². The molecule has 0 fully saturated rings. The Balaban J connectivity index is 0. The Morgan fingerprint density at radius 1 is 0.875 bits per heavy atom. The summed E-state index contributed by atoms with van der Waals surface area (Å²) in [4.78, 5) is 0. The van der Waals surface area contributed by atoms with Crippen molar-refractivity contribution in [2.24, 2.45) is 0 Å². The molecule has 0 aliphatic rings. The Bertz CT molecular complexity index is 32.3. The van der Waals surface area contributed by atoms with Gasteiger partial charge in [0.1, 0.15) is 0 Å². The zero-order valence-electron chi connectivity index (χ0n) is 3.47. The van der Waals surface area contributed by atoms with Crippen LogP contribution in [0.4, 0.5) is 18.1 Å². The molecular weight excluding hydrogens is 298 g/mol. The summed E-state index contributed by atoms with van der Waals surface area (Å²) < 4.78 is 59.2. The molecule has 0 aliphatic carbocycles. The molecule has 0 aromatic rings. The van der Waals surface area contributed by atoms with Crippen molar-refractivity contribution < 1.29 is 36.2 Å². The molecule has 0 saturated heterocycles. The van der Waals surface area contributed by atoms with Gasteiger partial charge in [0.15, 0.2) is 0 Å². The first kappa shape index (κ1) is 11.8. The Kier molecular flexibility index (Phi) is 9.00. The van der Waals surface area contributed by atoms with Gasteiger partial charge in [0, 0.05) is 0 Å². The summed E-state index contributed by atoms with van der Waals surface area (Å²) in [6, 6.07) is 0. The summed E-state index contributed by atoms with van der Waals surface area (Å²) in [5, 5.41) is 0. The van der Waals surface area contributed by atoms with Crippen LogP contribution < -0.4 is 0 Å². The molecule has 0 bridgehead atoms. The van der Waals surface area contributed by atoms with Crippen LogP contribution in [0.25, 0.3) is 0 Å². The van der Waals surface area contributed by atoms with Crippen molar-refractivity contribution in [1.82, 2.24) is 0 Å². The van der Waals surface area contributed by atoms with Gasteiger partial charge in [0.25, 0.3) is 0 Å². The van der Waals surface area contributed by atoms with Crippen LogP contribution in [-0.4, -0.2) is 20.7 Å². The van der Waals surface area contributed by atoms with Crippen LogP contribution in [0.5, 0.6) is 0 Å². The Labute approximate surface area is 57.0 Å². The normalized spacial score (nSPS) is 8.75. The van der Waals surface area contributed by atoms with Crippen molar-refractivity contribution in [2.45, 2.75) is 0 Å². The molecule has 0 aliphatic heterocycles. The van der Waals surface area contributed by atoms with Gasteiger partial charge in [-0.05, 0) is 0 Å². The standard InChI is InChI=1S/6FH.Sn.Zn/h6*1H;;/q;;;;;;+4;+2/p-6. The molecule has 0 radical (unpaired) electrons. The Morgan fingerprint density at radius 3 is 0.875 bits per heavy atom. The molecule has 48 valence electrons. The van der Waals surface area contributed by atoms with Crippen molar-refractivity contribution in [3.63, 3.8) is 0 Å². The second kappa shape index (κ2) is 6.13.